The van der Waals surface area contributed by atoms with E-state index in [0.717, 1.165) is 0 Å². The summed E-state index contributed by atoms with van der Waals surface area (Å²) in [6.45, 7) is 1.32. The normalized spacial score (nSPS) is 10.3. The largest absolute Gasteiger partial charge is 0.294 e. The van der Waals surface area contributed by atoms with Gasteiger partial charge in [0.2, 0.25) is 0 Å². The van der Waals surface area contributed by atoms with Crippen molar-refractivity contribution in [3.63, 3.8) is 0 Å². The van der Waals surface area contributed by atoms with Crippen LogP contribution < -0.4 is 0 Å². The third-order valence-electron chi connectivity index (χ3n) is 1.98. The first-order valence-corrected chi connectivity index (χ1v) is 4.35. The summed E-state index contributed by atoms with van der Waals surface area (Å²) in [6, 6.07) is 4.18. The molecule has 0 amide bonds. The van der Waals surface area contributed by atoms with E-state index in [9.17, 15) is 9.18 Å². The number of carbonyl (C=O) groups is 1. The smallest absolute Gasteiger partial charge is 0.162 e. The lowest BCUT2D eigenvalue weighted by atomic mass is 10.1. The van der Waals surface area contributed by atoms with Crippen molar-refractivity contribution in [1.82, 2.24) is 15.0 Å². The SMILES string of the molecule is CC(=O)c1cc(-n2nccn2)ccc1F. The number of halogens is 1. The van der Waals surface area contributed by atoms with E-state index in [-0.39, 0.29) is 11.3 Å². The molecule has 1 aromatic carbocycles. The fourth-order valence-corrected chi connectivity index (χ4v) is 1.26. The predicted octanol–water partition coefficient (Wildman–Crippen LogP) is 1.61. The van der Waals surface area contributed by atoms with Crippen LogP contribution >= 0.6 is 0 Å². The number of rotatable bonds is 2. The van der Waals surface area contributed by atoms with Gasteiger partial charge in [-0.1, -0.05) is 0 Å². The van der Waals surface area contributed by atoms with Crippen molar-refractivity contribution < 1.29 is 9.18 Å². The van der Waals surface area contributed by atoms with E-state index in [1.54, 1.807) is 0 Å². The van der Waals surface area contributed by atoms with Gasteiger partial charge >= 0.3 is 0 Å². The van der Waals surface area contributed by atoms with Crippen LogP contribution in [0.5, 0.6) is 0 Å². The highest BCUT2D eigenvalue weighted by Gasteiger charge is 2.09. The summed E-state index contributed by atoms with van der Waals surface area (Å²) in [5.41, 5.74) is 0.608. The highest BCUT2D eigenvalue weighted by atomic mass is 19.1. The lowest BCUT2D eigenvalue weighted by Gasteiger charge is -2.02. The molecule has 0 N–H and O–H groups in total. The molecule has 1 aromatic heterocycles. The van der Waals surface area contributed by atoms with Gasteiger partial charge in [0, 0.05) is 0 Å². The van der Waals surface area contributed by atoms with Crippen LogP contribution in [0.4, 0.5) is 4.39 Å². The molecule has 1 heterocycles. The fourth-order valence-electron chi connectivity index (χ4n) is 1.26. The van der Waals surface area contributed by atoms with Crippen LogP contribution in [-0.4, -0.2) is 20.8 Å². The average molecular weight is 205 g/mol. The first kappa shape index (κ1) is 9.51. The maximum Gasteiger partial charge on any atom is 0.162 e. The van der Waals surface area contributed by atoms with Crippen molar-refractivity contribution in [3.05, 3.63) is 42.0 Å². The number of carbonyl (C=O) groups excluding carboxylic acids is 1. The van der Waals surface area contributed by atoms with Crippen molar-refractivity contribution in [2.75, 3.05) is 0 Å². The summed E-state index contributed by atoms with van der Waals surface area (Å²) in [4.78, 5) is 12.4. The van der Waals surface area contributed by atoms with Crippen LogP contribution in [0.1, 0.15) is 17.3 Å². The molecule has 0 saturated heterocycles. The van der Waals surface area contributed by atoms with Gasteiger partial charge in [0.25, 0.3) is 0 Å². The fraction of sp³-hybridized carbons (Fsp3) is 0.100. The summed E-state index contributed by atoms with van der Waals surface area (Å²) in [5.74, 6) is -0.847. The Morgan fingerprint density at radius 2 is 2.00 bits per heavy atom. The standard InChI is InChI=1S/C10H8FN3O/c1-7(15)9-6-8(2-3-10(9)11)14-12-4-5-13-14/h2-6H,1H3. The number of ketones is 1. The van der Waals surface area contributed by atoms with Crippen LogP contribution in [0.2, 0.25) is 0 Å². The Morgan fingerprint density at radius 1 is 1.33 bits per heavy atom. The van der Waals surface area contributed by atoms with E-state index in [4.69, 9.17) is 0 Å². The van der Waals surface area contributed by atoms with E-state index in [0.29, 0.717) is 5.69 Å². The summed E-state index contributed by atoms with van der Waals surface area (Å²) >= 11 is 0. The van der Waals surface area contributed by atoms with Gasteiger partial charge < -0.3 is 0 Å². The second-order valence-electron chi connectivity index (χ2n) is 3.04. The molecule has 0 bridgehead atoms. The zero-order valence-electron chi connectivity index (χ0n) is 8.01. The molecule has 0 aliphatic rings. The van der Waals surface area contributed by atoms with Crippen molar-refractivity contribution in [1.29, 1.82) is 0 Å². The number of hydrogen-bond acceptors (Lipinski definition) is 3. The third kappa shape index (κ3) is 1.76. The highest BCUT2D eigenvalue weighted by Crippen LogP contribution is 2.13. The number of nitrogens with zero attached hydrogens (tertiary/aromatic N) is 3. The molecule has 0 atom stereocenters. The maximum atomic E-state index is 13.2. The van der Waals surface area contributed by atoms with Crippen LogP contribution in [-0.2, 0) is 0 Å². The van der Waals surface area contributed by atoms with Crippen molar-refractivity contribution in [3.8, 4) is 5.69 Å². The van der Waals surface area contributed by atoms with Gasteiger partial charge in [0.05, 0.1) is 23.6 Å². The molecular weight excluding hydrogens is 197 g/mol. The van der Waals surface area contributed by atoms with E-state index >= 15 is 0 Å². The highest BCUT2D eigenvalue weighted by molar-refractivity contribution is 5.94. The minimum absolute atomic E-state index is 0.0461. The van der Waals surface area contributed by atoms with E-state index in [2.05, 4.69) is 10.2 Å². The number of Topliss-reactive ketones (excluding diaryl/α,β-unsaturated/α-hetero) is 1. The Bertz CT molecular complexity index is 493. The molecule has 0 unspecified atom stereocenters. The summed E-state index contributed by atoms with van der Waals surface area (Å²) in [7, 11) is 0. The molecule has 2 rings (SSSR count). The molecule has 2 aromatic rings. The molecule has 0 spiro atoms. The Hall–Kier alpha value is -2.04. The van der Waals surface area contributed by atoms with Gasteiger partial charge in [-0.2, -0.15) is 15.0 Å². The molecule has 0 saturated carbocycles. The van der Waals surface area contributed by atoms with Gasteiger partial charge in [0.1, 0.15) is 5.82 Å². The molecule has 0 aliphatic heterocycles. The average Bonchev–Trinajstić information content (AvgIpc) is 2.71. The Labute approximate surface area is 85.3 Å². The Balaban J connectivity index is 2.52. The summed E-state index contributed by atoms with van der Waals surface area (Å²) in [6.07, 6.45) is 3.02. The molecule has 15 heavy (non-hydrogen) atoms. The molecule has 0 fully saturated rings. The molecule has 76 valence electrons. The van der Waals surface area contributed by atoms with Crippen LogP contribution in [0.15, 0.2) is 30.6 Å². The van der Waals surface area contributed by atoms with Gasteiger partial charge in [-0.15, -0.1) is 0 Å². The lowest BCUT2D eigenvalue weighted by molar-refractivity contribution is 0.101. The van der Waals surface area contributed by atoms with Gasteiger partial charge in [0.15, 0.2) is 5.78 Å². The number of benzene rings is 1. The summed E-state index contributed by atoms with van der Waals surface area (Å²) < 4.78 is 13.2. The van der Waals surface area contributed by atoms with Crippen LogP contribution in [0.3, 0.4) is 0 Å². The molecular formula is C10H8FN3O. The lowest BCUT2D eigenvalue weighted by Crippen LogP contribution is -2.03. The zero-order chi connectivity index (χ0) is 10.8. The van der Waals surface area contributed by atoms with Crippen molar-refractivity contribution in [2.24, 2.45) is 0 Å². The number of hydrogen-bond donors (Lipinski definition) is 0. The Kier molecular flexibility index (Phi) is 2.29. The first-order valence-electron chi connectivity index (χ1n) is 4.35. The topological polar surface area (TPSA) is 47.8 Å². The van der Waals surface area contributed by atoms with Gasteiger partial charge in [-0.3, -0.25) is 4.79 Å². The quantitative estimate of drug-likeness (QED) is 0.700. The van der Waals surface area contributed by atoms with Gasteiger partial charge in [-0.05, 0) is 25.1 Å². The van der Waals surface area contributed by atoms with Crippen molar-refractivity contribution in [2.45, 2.75) is 6.92 Å². The minimum Gasteiger partial charge on any atom is -0.294 e. The second-order valence-corrected chi connectivity index (χ2v) is 3.04. The van der Waals surface area contributed by atoms with Crippen LogP contribution in [0.25, 0.3) is 5.69 Å². The summed E-state index contributed by atoms with van der Waals surface area (Å²) in [5, 5.41) is 7.78. The second kappa shape index (κ2) is 3.61. The zero-order valence-corrected chi connectivity index (χ0v) is 8.01. The van der Waals surface area contributed by atoms with Crippen LogP contribution in [0, 0.1) is 5.82 Å². The van der Waals surface area contributed by atoms with Gasteiger partial charge in [-0.25, -0.2) is 4.39 Å². The molecule has 0 aliphatic carbocycles. The number of aromatic nitrogens is 3. The maximum absolute atomic E-state index is 13.2. The molecule has 0 radical (unpaired) electrons. The van der Waals surface area contributed by atoms with E-state index < -0.39 is 5.82 Å². The third-order valence-corrected chi connectivity index (χ3v) is 1.98. The monoisotopic (exact) mass is 205 g/mol. The predicted molar refractivity (Wildman–Crippen MR) is 51.3 cm³/mol. The van der Waals surface area contributed by atoms with E-state index in [1.165, 1.54) is 42.3 Å². The first-order chi connectivity index (χ1) is 7.18. The molecule has 5 heteroatoms. The van der Waals surface area contributed by atoms with Crippen molar-refractivity contribution >= 4 is 5.78 Å². The minimum atomic E-state index is -0.529. The van der Waals surface area contributed by atoms with E-state index in [1.807, 2.05) is 0 Å². The molecule has 4 nitrogen and oxygen atoms in total. The Morgan fingerprint density at radius 3 is 2.60 bits per heavy atom.